The van der Waals surface area contributed by atoms with E-state index in [-0.39, 0.29) is 18.7 Å². The first-order valence-corrected chi connectivity index (χ1v) is 6.71. The summed E-state index contributed by atoms with van der Waals surface area (Å²) in [6.07, 6.45) is 2.99. The van der Waals surface area contributed by atoms with Crippen molar-refractivity contribution < 1.29 is 19.5 Å². The zero-order chi connectivity index (χ0) is 15.8. The van der Waals surface area contributed by atoms with Crippen molar-refractivity contribution in [1.29, 1.82) is 0 Å². The summed E-state index contributed by atoms with van der Waals surface area (Å²) in [4.78, 5) is 40.6. The van der Waals surface area contributed by atoms with Gasteiger partial charge in [-0.1, -0.05) is 0 Å². The third-order valence-electron chi connectivity index (χ3n) is 2.56. The Balaban J connectivity index is 2.46. The molecule has 1 heterocycles. The fraction of sp³-hybridized carbons (Fsp3) is 0.455. The van der Waals surface area contributed by atoms with Gasteiger partial charge in [-0.15, -0.1) is 0 Å². The molecule has 0 bridgehead atoms. The second kappa shape index (κ2) is 8.27. The zero-order valence-electron chi connectivity index (χ0n) is 11.1. The summed E-state index contributed by atoms with van der Waals surface area (Å²) in [6, 6.07) is -1.95. The van der Waals surface area contributed by atoms with Gasteiger partial charge in [0.15, 0.2) is 0 Å². The molecule has 0 saturated heterocycles. The lowest BCUT2D eigenvalue weighted by Crippen LogP contribution is -2.49. The molecular weight excluding hydrogens is 298 g/mol. The number of H-pyrrole nitrogens is 1. The fourth-order valence-electron chi connectivity index (χ4n) is 1.44. The minimum Gasteiger partial charge on any atom is -0.480 e. The SMILES string of the molecule is N[C@@H](CS)C(=O)NCC(=O)N[C@@H](Cc1c[nH]cn1)C(=O)O. The van der Waals surface area contributed by atoms with E-state index in [0.717, 1.165) is 0 Å². The number of hydrogen-bond acceptors (Lipinski definition) is 6. The minimum absolute atomic E-state index is 0.0364. The molecule has 6 N–H and O–H groups in total. The summed E-state index contributed by atoms with van der Waals surface area (Å²) in [6.45, 7) is -0.356. The van der Waals surface area contributed by atoms with Gasteiger partial charge in [0, 0.05) is 18.4 Å². The number of hydrogen-bond donors (Lipinski definition) is 6. The van der Waals surface area contributed by atoms with E-state index >= 15 is 0 Å². The minimum atomic E-state index is -1.19. The van der Waals surface area contributed by atoms with Gasteiger partial charge in [0.1, 0.15) is 6.04 Å². The smallest absolute Gasteiger partial charge is 0.326 e. The van der Waals surface area contributed by atoms with Crippen LogP contribution in [0.2, 0.25) is 0 Å². The summed E-state index contributed by atoms with van der Waals surface area (Å²) in [5, 5.41) is 13.7. The van der Waals surface area contributed by atoms with E-state index in [1.54, 1.807) is 0 Å². The van der Waals surface area contributed by atoms with Gasteiger partial charge in [-0.25, -0.2) is 9.78 Å². The highest BCUT2D eigenvalue weighted by molar-refractivity contribution is 7.80. The molecule has 0 aliphatic rings. The van der Waals surface area contributed by atoms with Crippen LogP contribution in [0.5, 0.6) is 0 Å². The third kappa shape index (κ3) is 5.83. The molecule has 0 aromatic carbocycles. The molecular formula is C11H17N5O4S. The van der Waals surface area contributed by atoms with Crippen molar-refractivity contribution in [1.82, 2.24) is 20.6 Å². The van der Waals surface area contributed by atoms with Crippen LogP contribution < -0.4 is 16.4 Å². The number of aromatic nitrogens is 2. The second-order valence-electron chi connectivity index (χ2n) is 4.23. The van der Waals surface area contributed by atoms with Crippen molar-refractivity contribution in [3.05, 3.63) is 18.2 Å². The van der Waals surface area contributed by atoms with Gasteiger partial charge in [-0.3, -0.25) is 9.59 Å². The molecule has 0 unspecified atom stereocenters. The van der Waals surface area contributed by atoms with Crippen LogP contribution in [-0.4, -0.2) is 57.2 Å². The van der Waals surface area contributed by atoms with Crippen LogP contribution in [-0.2, 0) is 20.8 Å². The Morgan fingerprint density at radius 1 is 1.48 bits per heavy atom. The van der Waals surface area contributed by atoms with Gasteiger partial charge in [0.2, 0.25) is 11.8 Å². The predicted octanol–water partition coefficient (Wildman–Crippen LogP) is -2.11. The topological polar surface area (TPSA) is 150 Å². The number of imidazole rings is 1. The number of nitrogens with two attached hydrogens (primary N) is 1. The summed E-state index contributed by atoms with van der Waals surface area (Å²) in [5.41, 5.74) is 5.92. The van der Waals surface area contributed by atoms with E-state index in [4.69, 9.17) is 10.8 Å². The lowest BCUT2D eigenvalue weighted by molar-refractivity contribution is -0.141. The molecule has 9 nitrogen and oxygen atoms in total. The van der Waals surface area contributed by atoms with E-state index in [2.05, 4.69) is 33.2 Å². The molecule has 1 aromatic rings. The third-order valence-corrected chi connectivity index (χ3v) is 2.95. The average molecular weight is 315 g/mol. The van der Waals surface area contributed by atoms with E-state index in [9.17, 15) is 14.4 Å². The highest BCUT2D eigenvalue weighted by atomic mass is 32.1. The van der Waals surface area contributed by atoms with Gasteiger partial charge in [-0.05, 0) is 0 Å². The highest BCUT2D eigenvalue weighted by Gasteiger charge is 2.21. The van der Waals surface area contributed by atoms with Crippen molar-refractivity contribution >= 4 is 30.4 Å². The first kappa shape index (κ1) is 17.0. The predicted molar refractivity (Wildman–Crippen MR) is 76.7 cm³/mol. The number of amides is 2. The maximum absolute atomic E-state index is 11.6. The number of nitrogens with one attached hydrogen (secondary N) is 3. The molecule has 2 amide bonds. The Hall–Kier alpha value is -2.07. The number of thiol groups is 1. The van der Waals surface area contributed by atoms with E-state index in [0.29, 0.717) is 5.69 Å². The largest absolute Gasteiger partial charge is 0.480 e. The number of carboxylic acids is 1. The van der Waals surface area contributed by atoms with Crippen molar-refractivity contribution in [2.45, 2.75) is 18.5 Å². The van der Waals surface area contributed by atoms with Crippen molar-refractivity contribution in [3.63, 3.8) is 0 Å². The monoisotopic (exact) mass is 315 g/mol. The van der Waals surface area contributed by atoms with Crippen molar-refractivity contribution in [3.8, 4) is 0 Å². The molecule has 0 aliphatic carbocycles. The Kier molecular flexibility index (Phi) is 6.69. The molecule has 2 atom stereocenters. The van der Waals surface area contributed by atoms with Crippen LogP contribution in [0.3, 0.4) is 0 Å². The number of nitrogens with zero attached hydrogens (tertiary/aromatic N) is 1. The molecule has 1 aromatic heterocycles. The lowest BCUT2D eigenvalue weighted by Gasteiger charge is -2.14. The number of carbonyl (C=O) groups excluding carboxylic acids is 2. The van der Waals surface area contributed by atoms with Crippen LogP contribution in [0.15, 0.2) is 12.5 Å². The van der Waals surface area contributed by atoms with Crippen LogP contribution in [0.1, 0.15) is 5.69 Å². The number of rotatable bonds is 8. The van der Waals surface area contributed by atoms with Crippen LogP contribution >= 0.6 is 12.6 Å². The zero-order valence-corrected chi connectivity index (χ0v) is 12.0. The number of aliphatic carboxylic acids is 1. The van der Waals surface area contributed by atoms with Gasteiger partial charge in [0.25, 0.3) is 0 Å². The molecule has 0 aliphatic heterocycles. The van der Waals surface area contributed by atoms with Crippen LogP contribution in [0.4, 0.5) is 0 Å². The lowest BCUT2D eigenvalue weighted by atomic mass is 10.1. The number of carbonyl (C=O) groups is 3. The molecule has 0 saturated carbocycles. The van der Waals surface area contributed by atoms with Crippen LogP contribution in [0.25, 0.3) is 0 Å². The summed E-state index contributed by atoms with van der Waals surface area (Å²) in [5.74, 6) is -2.20. The van der Waals surface area contributed by atoms with Gasteiger partial charge in [0.05, 0.1) is 24.6 Å². The molecule has 0 spiro atoms. The standard InChI is InChI=1S/C11H17N5O4S/c12-7(4-21)10(18)14-3-9(17)16-8(11(19)20)1-6-2-13-5-15-6/h2,5,7-8,21H,1,3-4,12H2,(H,13,15)(H,14,18)(H,16,17)(H,19,20)/t7-,8-/m0/s1. The molecule has 0 radical (unpaired) electrons. The van der Waals surface area contributed by atoms with Crippen LogP contribution in [0, 0.1) is 0 Å². The summed E-state index contributed by atoms with van der Waals surface area (Å²) < 4.78 is 0. The quantitative estimate of drug-likeness (QED) is 0.302. The normalized spacial score (nSPS) is 13.2. The average Bonchev–Trinajstić information content (AvgIpc) is 2.95. The fourth-order valence-corrected chi connectivity index (χ4v) is 1.60. The first-order chi connectivity index (χ1) is 9.93. The summed E-state index contributed by atoms with van der Waals surface area (Å²) in [7, 11) is 0. The van der Waals surface area contributed by atoms with Gasteiger partial charge >= 0.3 is 5.97 Å². The Morgan fingerprint density at radius 3 is 2.71 bits per heavy atom. The van der Waals surface area contributed by atoms with E-state index < -0.39 is 29.9 Å². The highest BCUT2D eigenvalue weighted by Crippen LogP contribution is 1.98. The Labute approximate surface area is 126 Å². The van der Waals surface area contributed by atoms with Gasteiger partial charge < -0.3 is 26.5 Å². The molecule has 116 valence electrons. The maximum Gasteiger partial charge on any atom is 0.326 e. The second-order valence-corrected chi connectivity index (χ2v) is 4.60. The molecule has 0 fully saturated rings. The molecule has 1 rings (SSSR count). The van der Waals surface area contributed by atoms with Crippen molar-refractivity contribution in [2.75, 3.05) is 12.3 Å². The number of carboxylic acid groups (broad SMARTS) is 1. The number of aromatic amines is 1. The van der Waals surface area contributed by atoms with Gasteiger partial charge in [-0.2, -0.15) is 12.6 Å². The first-order valence-electron chi connectivity index (χ1n) is 6.08. The van der Waals surface area contributed by atoms with E-state index in [1.807, 2.05) is 0 Å². The Morgan fingerprint density at radius 2 is 2.19 bits per heavy atom. The molecule has 10 heteroatoms. The maximum atomic E-state index is 11.6. The summed E-state index contributed by atoms with van der Waals surface area (Å²) >= 11 is 3.86. The van der Waals surface area contributed by atoms with Crippen molar-refractivity contribution in [2.24, 2.45) is 5.73 Å². The molecule has 21 heavy (non-hydrogen) atoms. The van der Waals surface area contributed by atoms with E-state index in [1.165, 1.54) is 12.5 Å². The Bertz CT molecular complexity index is 493.